The van der Waals surface area contributed by atoms with Crippen LogP contribution in [0.2, 0.25) is 0 Å². The Morgan fingerprint density at radius 3 is 2.52 bits per heavy atom. The van der Waals surface area contributed by atoms with Crippen LogP contribution in [0.4, 0.5) is 23.8 Å². The summed E-state index contributed by atoms with van der Waals surface area (Å²) in [7, 11) is 3.65. The highest BCUT2D eigenvalue weighted by molar-refractivity contribution is 5.83. The third kappa shape index (κ3) is 7.88. The highest BCUT2D eigenvalue weighted by atomic mass is 19.4. The fourth-order valence-corrected chi connectivity index (χ4v) is 1.48. The standard InChI is InChI=1S/C13H18F3N5O2/c1-21(2)10-5-9(3-4-17-10)6-18-12(23)19-7-11(22)20-8-13(14,15)16/h3-5H,6-8H2,1-2H3,(H,20,22)(H2,18,19,23). The fraction of sp³-hybridized carbons (Fsp3) is 0.462. The summed E-state index contributed by atoms with van der Waals surface area (Å²) in [6, 6.07) is 2.83. The SMILES string of the molecule is CN(C)c1cc(CNC(=O)NCC(=O)NCC(F)(F)F)ccn1. The van der Waals surface area contributed by atoms with Crippen molar-refractivity contribution in [2.45, 2.75) is 12.7 Å². The van der Waals surface area contributed by atoms with Crippen LogP contribution >= 0.6 is 0 Å². The molecule has 10 heteroatoms. The first-order valence-corrected chi connectivity index (χ1v) is 6.65. The van der Waals surface area contributed by atoms with Crippen molar-refractivity contribution in [3.05, 3.63) is 23.9 Å². The van der Waals surface area contributed by atoms with Gasteiger partial charge >= 0.3 is 12.2 Å². The van der Waals surface area contributed by atoms with E-state index < -0.39 is 31.2 Å². The summed E-state index contributed by atoms with van der Waals surface area (Å²) < 4.78 is 35.7. The normalized spacial score (nSPS) is 10.8. The molecule has 0 spiro atoms. The average molecular weight is 333 g/mol. The number of pyridine rings is 1. The summed E-state index contributed by atoms with van der Waals surface area (Å²) in [5.74, 6) is -0.201. The third-order valence-corrected chi connectivity index (χ3v) is 2.62. The van der Waals surface area contributed by atoms with Gasteiger partial charge in [-0.3, -0.25) is 4.79 Å². The van der Waals surface area contributed by atoms with Gasteiger partial charge in [-0.1, -0.05) is 0 Å². The molecule has 128 valence electrons. The lowest BCUT2D eigenvalue weighted by Gasteiger charge is -2.13. The molecule has 0 aliphatic heterocycles. The molecule has 1 aromatic rings. The van der Waals surface area contributed by atoms with Gasteiger partial charge in [0.15, 0.2) is 0 Å². The van der Waals surface area contributed by atoms with Crippen LogP contribution in [0.25, 0.3) is 0 Å². The minimum atomic E-state index is -4.48. The number of rotatable bonds is 6. The first kappa shape index (κ1) is 18.5. The van der Waals surface area contributed by atoms with Crippen LogP contribution in [0.3, 0.4) is 0 Å². The van der Waals surface area contributed by atoms with E-state index in [9.17, 15) is 22.8 Å². The zero-order valence-electron chi connectivity index (χ0n) is 12.7. The quantitative estimate of drug-likeness (QED) is 0.713. The largest absolute Gasteiger partial charge is 0.405 e. The van der Waals surface area contributed by atoms with Crippen LogP contribution in [0.1, 0.15) is 5.56 Å². The lowest BCUT2D eigenvalue weighted by molar-refractivity contribution is -0.137. The number of hydrogen-bond acceptors (Lipinski definition) is 4. The minimum absolute atomic E-state index is 0.194. The zero-order valence-corrected chi connectivity index (χ0v) is 12.7. The number of urea groups is 1. The maximum Gasteiger partial charge on any atom is 0.405 e. The van der Waals surface area contributed by atoms with Crippen LogP contribution in [0.5, 0.6) is 0 Å². The lowest BCUT2D eigenvalue weighted by atomic mass is 10.2. The summed E-state index contributed by atoms with van der Waals surface area (Å²) in [5, 5.41) is 6.32. The second-order valence-corrected chi connectivity index (χ2v) is 4.84. The number of nitrogens with zero attached hydrogens (tertiary/aromatic N) is 2. The Kier molecular flexibility index (Phi) is 6.61. The van der Waals surface area contributed by atoms with Gasteiger partial charge in [-0.15, -0.1) is 0 Å². The van der Waals surface area contributed by atoms with Crippen molar-refractivity contribution in [2.24, 2.45) is 0 Å². The maximum atomic E-state index is 11.9. The second-order valence-electron chi connectivity index (χ2n) is 4.84. The number of carbonyl (C=O) groups excluding carboxylic acids is 2. The van der Waals surface area contributed by atoms with Gasteiger partial charge in [0, 0.05) is 26.8 Å². The molecular formula is C13H18F3N5O2. The van der Waals surface area contributed by atoms with E-state index in [1.165, 1.54) is 0 Å². The molecule has 0 saturated carbocycles. The first-order valence-electron chi connectivity index (χ1n) is 6.65. The summed E-state index contributed by atoms with van der Waals surface area (Å²) in [6.45, 7) is -1.78. The third-order valence-electron chi connectivity index (χ3n) is 2.62. The van der Waals surface area contributed by atoms with Gasteiger partial charge in [-0.05, 0) is 17.7 Å². The van der Waals surface area contributed by atoms with E-state index in [0.717, 1.165) is 11.4 Å². The Morgan fingerprint density at radius 2 is 1.91 bits per heavy atom. The van der Waals surface area contributed by atoms with Gasteiger partial charge in [0.25, 0.3) is 0 Å². The van der Waals surface area contributed by atoms with Gasteiger partial charge in [0.05, 0.1) is 6.54 Å². The van der Waals surface area contributed by atoms with Crippen molar-refractivity contribution in [3.8, 4) is 0 Å². The number of alkyl halides is 3. The van der Waals surface area contributed by atoms with Gasteiger partial charge in [0.2, 0.25) is 5.91 Å². The van der Waals surface area contributed by atoms with Crippen molar-refractivity contribution >= 4 is 17.8 Å². The van der Waals surface area contributed by atoms with Crippen molar-refractivity contribution in [3.63, 3.8) is 0 Å². The minimum Gasteiger partial charge on any atom is -0.363 e. The van der Waals surface area contributed by atoms with Crippen LogP contribution in [-0.2, 0) is 11.3 Å². The van der Waals surface area contributed by atoms with Crippen molar-refractivity contribution in [1.82, 2.24) is 20.9 Å². The number of aromatic nitrogens is 1. The molecule has 0 aromatic carbocycles. The molecule has 1 heterocycles. The zero-order chi connectivity index (χ0) is 17.5. The highest BCUT2D eigenvalue weighted by Gasteiger charge is 2.27. The molecule has 3 amide bonds. The van der Waals surface area contributed by atoms with Crippen molar-refractivity contribution in [2.75, 3.05) is 32.1 Å². The van der Waals surface area contributed by atoms with Crippen LogP contribution in [-0.4, -0.2) is 50.3 Å². The van der Waals surface area contributed by atoms with E-state index in [1.807, 2.05) is 14.1 Å². The molecule has 0 bridgehead atoms. The second kappa shape index (κ2) is 8.20. The molecule has 0 atom stereocenters. The van der Waals surface area contributed by atoms with E-state index in [1.54, 1.807) is 28.5 Å². The van der Waals surface area contributed by atoms with E-state index in [2.05, 4.69) is 15.6 Å². The number of anilines is 1. The predicted molar refractivity (Wildman–Crippen MR) is 77.9 cm³/mol. The Hall–Kier alpha value is -2.52. The summed E-state index contributed by atoms with van der Waals surface area (Å²) in [6.07, 6.45) is -2.89. The Bertz CT molecular complexity index is 549. The van der Waals surface area contributed by atoms with E-state index in [0.29, 0.717) is 0 Å². The molecule has 23 heavy (non-hydrogen) atoms. The number of halogens is 3. The van der Waals surface area contributed by atoms with Gasteiger partial charge < -0.3 is 20.9 Å². The summed E-state index contributed by atoms with van der Waals surface area (Å²) in [4.78, 5) is 28.5. The average Bonchev–Trinajstić information content (AvgIpc) is 2.48. The molecule has 0 unspecified atom stereocenters. The lowest BCUT2D eigenvalue weighted by Crippen LogP contribution is -2.43. The fourth-order valence-electron chi connectivity index (χ4n) is 1.48. The molecule has 0 saturated heterocycles. The predicted octanol–water partition coefficient (Wildman–Crippen LogP) is 0.625. The Balaban J connectivity index is 2.32. The Morgan fingerprint density at radius 1 is 1.22 bits per heavy atom. The van der Waals surface area contributed by atoms with E-state index in [-0.39, 0.29) is 6.54 Å². The topological polar surface area (TPSA) is 86.4 Å². The molecule has 1 rings (SSSR count). The monoisotopic (exact) mass is 333 g/mol. The van der Waals surface area contributed by atoms with Crippen molar-refractivity contribution in [1.29, 1.82) is 0 Å². The van der Waals surface area contributed by atoms with Gasteiger partial charge in [0.1, 0.15) is 12.4 Å². The smallest absolute Gasteiger partial charge is 0.363 e. The van der Waals surface area contributed by atoms with Gasteiger partial charge in [-0.2, -0.15) is 13.2 Å². The number of amides is 3. The number of nitrogens with one attached hydrogen (secondary N) is 3. The van der Waals surface area contributed by atoms with Crippen LogP contribution in [0.15, 0.2) is 18.3 Å². The molecule has 0 radical (unpaired) electrons. The Labute approximate surface area is 131 Å². The highest BCUT2D eigenvalue weighted by Crippen LogP contribution is 2.12. The van der Waals surface area contributed by atoms with Crippen molar-refractivity contribution < 1.29 is 22.8 Å². The molecule has 0 aliphatic rings. The van der Waals surface area contributed by atoms with Gasteiger partial charge in [-0.25, -0.2) is 9.78 Å². The molecule has 0 fully saturated rings. The van der Waals surface area contributed by atoms with E-state index in [4.69, 9.17) is 0 Å². The summed E-state index contributed by atoms with van der Waals surface area (Å²) >= 11 is 0. The molecule has 1 aromatic heterocycles. The van der Waals surface area contributed by atoms with E-state index >= 15 is 0 Å². The number of hydrogen-bond donors (Lipinski definition) is 3. The molecule has 0 aliphatic carbocycles. The summed E-state index contributed by atoms with van der Waals surface area (Å²) in [5.41, 5.74) is 0.792. The first-order chi connectivity index (χ1) is 10.7. The molecular weight excluding hydrogens is 315 g/mol. The molecule has 7 nitrogen and oxygen atoms in total. The van der Waals surface area contributed by atoms with Crippen LogP contribution < -0.4 is 20.9 Å². The number of carbonyl (C=O) groups is 2. The van der Waals surface area contributed by atoms with Crippen LogP contribution in [0, 0.1) is 0 Å². The molecule has 3 N–H and O–H groups in total. The maximum absolute atomic E-state index is 11.9.